The lowest BCUT2D eigenvalue weighted by Crippen LogP contribution is -2.53. The summed E-state index contributed by atoms with van der Waals surface area (Å²) in [6.45, 7) is 21.5. The molecule has 0 aliphatic carbocycles. The molecule has 7 heteroatoms. The number of hydrogen-bond acceptors (Lipinski definition) is 4. The Morgan fingerprint density at radius 3 is 1.86 bits per heavy atom. The molecule has 0 radical (unpaired) electrons. The molecule has 0 aliphatic rings. The van der Waals surface area contributed by atoms with Crippen molar-refractivity contribution in [2.75, 3.05) is 6.61 Å². The van der Waals surface area contributed by atoms with Crippen LogP contribution >= 0.6 is 0 Å². The van der Waals surface area contributed by atoms with Crippen molar-refractivity contribution in [1.29, 1.82) is 0 Å². The molecule has 1 unspecified atom stereocenters. The van der Waals surface area contributed by atoms with Gasteiger partial charge >= 0.3 is 14.5 Å². The second kappa shape index (κ2) is 8.58. The Hall–Kier alpha value is -0.219. The fourth-order valence-electron chi connectivity index (χ4n) is 2.55. The van der Waals surface area contributed by atoms with E-state index in [1.54, 1.807) is 0 Å². The highest BCUT2D eigenvalue weighted by Crippen LogP contribution is 2.28. The van der Waals surface area contributed by atoms with Gasteiger partial charge in [-0.1, -0.05) is 13.5 Å². The fourth-order valence-corrected chi connectivity index (χ4v) is 15.6. The molecule has 0 saturated heterocycles. The van der Waals surface area contributed by atoms with Gasteiger partial charge in [0, 0.05) is 6.08 Å². The van der Waals surface area contributed by atoms with Gasteiger partial charge in [0.2, 0.25) is 0 Å². The first-order chi connectivity index (χ1) is 9.76. The predicted molar refractivity (Wildman–Crippen MR) is 100 cm³/mol. The summed E-state index contributed by atoms with van der Waals surface area (Å²) in [6, 6.07) is 0.938. The molecule has 0 aromatic carbocycles. The summed E-state index contributed by atoms with van der Waals surface area (Å²) in [7, 11) is -5.51. The zero-order valence-electron chi connectivity index (χ0n) is 15.6. The number of ether oxygens (including phenoxy) is 1. The first kappa shape index (κ1) is 21.8. The van der Waals surface area contributed by atoms with Crippen molar-refractivity contribution in [3.05, 3.63) is 12.7 Å². The van der Waals surface area contributed by atoms with Crippen LogP contribution in [0.25, 0.3) is 0 Å². The van der Waals surface area contributed by atoms with Gasteiger partial charge in [-0.25, -0.2) is 4.79 Å². The Morgan fingerprint density at radius 1 is 1.05 bits per heavy atom. The van der Waals surface area contributed by atoms with Crippen LogP contribution < -0.4 is 0 Å². The van der Waals surface area contributed by atoms with Crippen molar-refractivity contribution in [2.24, 2.45) is 5.92 Å². The molecule has 0 fully saturated rings. The molecule has 0 aliphatic heterocycles. The van der Waals surface area contributed by atoms with Gasteiger partial charge < -0.3 is 13.0 Å². The molecule has 0 heterocycles. The number of rotatable bonds is 10. The van der Waals surface area contributed by atoms with E-state index in [1.807, 2.05) is 0 Å². The van der Waals surface area contributed by atoms with Crippen LogP contribution in [0.1, 0.15) is 13.3 Å². The summed E-state index contributed by atoms with van der Waals surface area (Å²) in [4.78, 5) is 11.1. The minimum atomic E-state index is -2.21. The third-order valence-corrected chi connectivity index (χ3v) is 12.6. The van der Waals surface area contributed by atoms with Gasteiger partial charge in [-0.05, 0) is 64.2 Å². The van der Waals surface area contributed by atoms with Gasteiger partial charge in [0.1, 0.15) is 0 Å². The third-order valence-electron chi connectivity index (χ3n) is 2.79. The van der Waals surface area contributed by atoms with Crippen LogP contribution in [-0.2, 0) is 17.8 Å². The van der Waals surface area contributed by atoms with Gasteiger partial charge in [0.25, 0.3) is 0 Å². The van der Waals surface area contributed by atoms with Gasteiger partial charge in [-0.15, -0.1) is 0 Å². The molecule has 130 valence electrons. The number of carbonyl (C=O) groups is 1. The van der Waals surface area contributed by atoms with Crippen LogP contribution in [0.3, 0.4) is 0 Å². The minimum absolute atomic E-state index is 0.357. The number of esters is 1. The second-order valence-electron chi connectivity index (χ2n) is 8.03. The highest BCUT2D eigenvalue weighted by Gasteiger charge is 2.41. The third kappa shape index (κ3) is 11.4. The molecule has 1 atom stereocenters. The monoisotopic (exact) mass is 362 g/mol. The van der Waals surface area contributed by atoms with E-state index in [2.05, 4.69) is 59.3 Å². The molecule has 0 spiro atoms. The Morgan fingerprint density at radius 2 is 1.50 bits per heavy atom. The zero-order valence-corrected chi connectivity index (χ0v) is 18.6. The molecule has 4 nitrogen and oxygen atoms in total. The normalized spacial score (nSPS) is 14.5. The van der Waals surface area contributed by atoms with Crippen molar-refractivity contribution in [1.82, 2.24) is 0 Å². The maximum absolute atomic E-state index is 11.1. The molecule has 0 rings (SSSR count). The standard InChI is InChI=1S/C15H34O4Si3/c1-10-15(16)17-12-11-14(2)13-22(9,18-20(3,4)5)19-21(6,7)8/h10,14H,1,11-13H2,2-9H3. The van der Waals surface area contributed by atoms with E-state index >= 15 is 0 Å². The van der Waals surface area contributed by atoms with Crippen LogP contribution in [0.4, 0.5) is 0 Å². The maximum Gasteiger partial charge on any atom is 0.330 e. The molecule has 0 bridgehead atoms. The molecule has 22 heavy (non-hydrogen) atoms. The quantitative estimate of drug-likeness (QED) is 0.326. The number of carbonyl (C=O) groups excluding carboxylic acids is 1. The average molecular weight is 363 g/mol. The van der Waals surface area contributed by atoms with Gasteiger partial charge in [0.15, 0.2) is 16.6 Å². The zero-order chi connectivity index (χ0) is 17.6. The van der Waals surface area contributed by atoms with E-state index in [0.717, 1.165) is 12.5 Å². The first-order valence-electron chi connectivity index (χ1n) is 7.96. The molecule has 0 aromatic heterocycles. The lowest BCUT2D eigenvalue weighted by molar-refractivity contribution is -0.138. The minimum Gasteiger partial charge on any atom is -0.463 e. The molecule has 0 saturated carbocycles. The topological polar surface area (TPSA) is 44.8 Å². The van der Waals surface area contributed by atoms with Gasteiger partial charge in [0.05, 0.1) is 6.61 Å². The maximum atomic E-state index is 11.1. The summed E-state index contributed by atoms with van der Waals surface area (Å²) in [6.07, 6.45) is 2.03. The van der Waals surface area contributed by atoms with Crippen LogP contribution in [-0.4, -0.2) is 37.8 Å². The molecular weight excluding hydrogens is 328 g/mol. The average Bonchev–Trinajstić information content (AvgIpc) is 2.22. The van der Waals surface area contributed by atoms with Crippen molar-refractivity contribution < 1.29 is 17.8 Å². The van der Waals surface area contributed by atoms with Crippen molar-refractivity contribution in [3.8, 4) is 0 Å². The summed E-state index contributed by atoms with van der Waals surface area (Å²) in [5.41, 5.74) is 0. The largest absolute Gasteiger partial charge is 0.463 e. The van der Waals surface area contributed by atoms with Crippen LogP contribution in [0, 0.1) is 5.92 Å². The van der Waals surface area contributed by atoms with E-state index < -0.39 is 25.2 Å². The Bertz CT molecular complexity index is 356. The van der Waals surface area contributed by atoms with E-state index in [1.165, 1.54) is 6.08 Å². The molecule has 0 aromatic rings. The molecular formula is C15H34O4Si3. The summed E-state index contributed by atoms with van der Waals surface area (Å²) in [5, 5.41) is 0. The Labute approximate surface area is 139 Å². The van der Waals surface area contributed by atoms with E-state index in [0.29, 0.717) is 12.5 Å². The van der Waals surface area contributed by atoms with E-state index in [4.69, 9.17) is 13.0 Å². The highest BCUT2D eigenvalue weighted by molar-refractivity contribution is 6.87. The summed E-state index contributed by atoms with van der Waals surface area (Å²) < 4.78 is 18.0. The Kier molecular flexibility index (Phi) is 8.50. The van der Waals surface area contributed by atoms with E-state index in [9.17, 15) is 4.79 Å². The summed E-state index contributed by atoms with van der Waals surface area (Å²) in [5.74, 6) is 0.0471. The first-order valence-corrected chi connectivity index (χ1v) is 17.3. The second-order valence-corrected chi connectivity index (χ2v) is 20.8. The summed E-state index contributed by atoms with van der Waals surface area (Å²) >= 11 is 0. The van der Waals surface area contributed by atoms with Crippen molar-refractivity contribution in [2.45, 2.75) is 65.2 Å². The lowest BCUT2D eigenvalue weighted by Gasteiger charge is -2.39. The predicted octanol–water partition coefficient (Wildman–Crippen LogP) is 4.52. The highest BCUT2D eigenvalue weighted by atomic mass is 28.5. The fraction of sp³-hybridized carbons (Fsp3) is 0.800. The van der Waals surface area contributed by atoms with Crippen LogP contribution in [0.5, 0.6) is 0 Å². The molecule has 0 N–H and O–H groups in total. The smallest absolute Gasteiger partial charge is 0.330 e. The van der Waals surface area contributed by atoms with Crippen LogP contribution in [0.2, 0.25) is 51.9 Å². The molecule has 0 amide bonds. The van der Waals surface area contributed by atoms with Crippen molar-refractivity contribution in [3.63, 3.8) is 0 Å². The van der Waals surface area contributed by atoms with E-state index in [-0.39, 0.29) is 5.97 Å². The lowest BCUT2D eigenvalue weighted by atomic mass is 10.1. The number of hydrogen-bond donors (Lipinski definition) is 0. The van der Waals surface area contributed by atoms with Gasteiger partial charge in [-0.2, -0.15) is 0 Å². The SMILES string of the molecule is C=CC(=O)OCCC(C)C[Si](C)(O[Si](C)(C)C)O[Si](C)(C)C. The Balaban J connectivity index is 4.69. The van der Waals surface area contributed by atoms with Crippen molar-refractivity contribution >= 4 is 31.2 Å². The van der Waals surface area contributed by atoms with Crippen LogP contribution in [0.15, 0.2) is 12.7 Å². The van der Waals surface area contributed by atoms with Gasteiger partial charge in [-0.3, -0.25) is 0 Å².